The van der Waals surface area contributed by atoms with E-state index >= 15 is 0 Å². The first-order valence-electron chi connectivity index (χ1n) is 10.1. The van der Waals surface area contributed by atoms with Crippen molar-refractivity contribution in [2.75, 3.05) is 6.61 Å². The average molecular weight is 355 g/mol. The molecule has 2 N–H and O–H groups in total. The molecule has 3 heteroatoms. The van der Waals surface area contributed by atoms with E-state index < -0.39 is 5.97 Å². The van der Waals surface area contributed by atoms with Gasteiger partial charge in [0, 0.05) is 6.42 Å². The number of carboxylic acid groups (broad SMARTS) is 1. The first-order valence-corrected chi connectivity index (χ1v) is 10.1. The number of carbonyl (C=O) groups is 1. The van der Waals surface area contributed by atoms with Crippen molar-refractivity contribution in [3.8, 4) is 0 Å². The third-order valence-electron chi connectivity index (χ3n) is 4.03. The van der Waals surface area contributed by atoms with E-state index in [-0.39, 0.29) is 6.61 Å². The van der Waals surface area contributed by atoms with Crippen molar-refractivity contribution in [1.82, 2.24) is 0 Å². The van der Waals surface area contributed by atoms with Gasteiger partial charge >= 0.3 is 5.97 Å². The third-order valence-corrected chi connectivity index (χ3v) is 4.03. The maximum Gasteiger partial charge on any atom is 0.303 e. The van der Waals surface area contributed by atoms with E-state index in [0.29, 0.717) is 6.42 Å². The molecule has 0 radical (unpaired) electrons. The third kappa shape index (κ3) is 28.0. The maximum atomic E-state index is 10.2. The number of aliphatic carboxylic acids is 1. The molecule has 0 aromatic heterocycles. The summed E-state index contributed by atoms with van der Waals surface area (Å²) in [5, 5.41) is 17.0. The van der Waals surface area contributed by atoms with Crippen molar-refractivity contribution in [3.05, 3.63) is 23.3 Å². The summed E-state index contributed by atoms with van der Waals surface area (Å²) in [7, 11) is 0. The molecule has 0 unspecified atom stereocenters. The summed E-state index contributed by atoms with van der Waals surface area (Å²) < 4.78 is 0. The fraction of sp³-hybridized carbons (Fsp3) is 0.773. The monoisotopic (exact) mass is 354 g/mol. The average Bonchev–Trinajstić information content (AvgIpc) is 2.53. The van der Waals surface area contributed by atoms with Gasteiger partial charge in [0.1, 0.15) is 0 Å². The van der Waals surface area contributed by atoms with Crippen molar-refractivity contribution in [2.24, 2.45) is 0 Å². The fourth-order valence-corrected chi connectivity index (χ4v) is 2.43. The van der Waals surface area contributed by atoms with Crippen molar-refractivity contribution < 1.29 is 15.0 Å². The molecule has 0 spiro atoms. The van der Waals surface area contributed by atoms with E-state index in [1.54, 1.807) is 0 Å². The largest absolute Gasteiger partial charge is 0.481 e. The highest BCUT2D eigenvalue weighted by Gasteiger charge is 1.96. The highest BCUT2D eigenvalue weighted by atomic mass is 16.4. The van der Waals surface area contributed by atoms with Gasteiger partial charge in [0.25, 0.3) is 0 Å². The molecule has 0 aliphatic rings. The number of allylic oxidation sites excluding steroid dienone is 3. The van der Waals surface area contributed by atoms with Crippen LogP contribution in [0.4, 0.5) is 0 Å². The van der Waals surface area contributed by atoms with Crippen LogP contribution in [0.2, 0.25) is 0 Å². The lowest BCUT2D eigenvalue weighted by Gasteiger charge is -2.00. The topological polar surface area (TPSA) is 57.5 Å². The predicted octanol–water partition coefficient (Wildman–Crippen LogP) is 6.66. The van der Waals surface area contributed by atoms with Crippen LogP contribution < -0.4 is 0 Å². The summed E-state index contributed by atoms with van der Waals surface area (Å²) in [6.45, 7) is 8.65. The second-order valence-electron chi connectivity index (χ2n) is 7.03. The van der Waals surface area contributed by atoms with E-state index in [4.69, 9.17) is 10.2 Å². The van der Waals surface area contributed by atoms with E-state index in [1.165, 1.54) is 56.1 Å². The highest BCUT2D eigenvalue weighted by Crippen LogP contribution is 2.10. The number of carboxylic acids is 1. The molecule has 0 atom stereocenters. The van der Waals surface area contributed by atoms with Gasteiger partial charge in [0.15, 0.2) is 0 Å². The lowest BCUT2D eigenvalue weighted by molar-refractivity contribution is -0.137. The Hall–Kier alpha value is -1.09. The first kappa shape index (κ1) is 26.1. The molecule has 0 aromatic rings. The molecular formula is C22H42O3. The van der Waals surface area contributed by atoms with Gasteiger partial charge in [0.05, 0.1) is 6.61 Å². The quantitative estimate of drug-likeness (QED) is 0.271. The van der Waals surface area contributed by atoms with Crippen LogP contribution >= 0.6 is 0 Å². The minimum Gasteiger partial charge on any atom is -0.481 e. The summed E-state index contributed by atoms with van der Waals surface area (Å²) >= 11 is 0. The standard InChI is InChI=1S/C12H24O2.C10H18O/c1-2-3-4-5-6-7-8-9-10-11-12(13)14;1-9(2)5-4-6-10(3)7-8-11/h2-11H2,1H3,(H,13,14);5,7,11H,4,6,8H2,1-3H3. The molecular weight excluding hydrogens is 312 g/mol. The van der Waals surface area contributed by atoms with Crippen LogP contribution in [0.15, 0.2) is 23.3 Å². The zero-order valence-electron chi connectivity index (χ0n) is 17.1. The van der Waals surface area contributed by atoms with Gasteiger partial charge in [-0.15, -0.1) is 0 Å². The van der Waals surface area contributed by atoms with Crippen molar-refractivity contribution in [2.45, 2.75) is 105 Å². The van der Waals surface area contributed by atoms with Gasteiger partial charge in [-0.2, -0.15) is 0 Å². The lowest BCUT2D eigenvalue weighted by Crippen LogP contribution is -1.93. The van der Waals surface area contributed by atoms with Gasteiger partial charge in [-0.3, -0.25) is 4.79 Å². The van der Waals surface area contributed by atoms with Gasteiger partial charge in [-0.25, -0.2) is 0 Å². The Bertz CT molecular complexity index is 352. The van der Waals surface area contributed by atoms with Crippen LogP contribution in [-0.2, 0) is 4.79 Å². The molecule has 0 aromatic carbocycles. The molecule has 0 heterocycles. The Kier molecular flexibility index (Phi) is 21.9. The fourth-order valence-electron chi connectivity index (χ4n) is 2.43. The summed E-state index contributed by atoms with van der Waals surface area (Å²) in [5.74, 6) is -0.659. The van der Waals surface area contributed by atoms with Crippen molar-refractivity contribution in [3.63, 3.8) is 0 Å². The number of unbranched alkanes of at least 4 members (excludes halogenated alkanes) is 8. The molecule has 0 rings (SSSR count). The minimum atomic E-state index is -0.659. The highest BCUT2D eigenvalue weighted by molar-refractivity contribution is 5.66. The normalized spacial score (nSPS) is 10.8. The molecule has 0 saturated heterocycles. The van der Waals surface area contributed by atoms with E-state index in [1.807, 2.05) is 6.08 Å². The smallest absolute Gasteiger partial charge is 0.303 e. The van der Waals surface area contributed by atoms with Crippen LogP contribution in [0, 0.1) is 0 Å². The van der Waals surface area contributed by atoms with E-state index in [2.05, 4.69) is 33.8 Å². The predicted molar refractivity (Wildman–Crippen MR) is 109 cm³/mol. The summed E-state index contributed by atoms with van der Waals surface area (Å²) in [4.78, 5) is 10.2. The van der Waals surface area contributed by atoms with Gasteiger partial charge < -0.3 is 10.2 Å². The Morgan fingerprint density at radius 1 is 0.800 bits per heavy atom. The Labute approximate surface area is 156 Å². The number of rotatable bonds is 14. The van der Waals surface area contributed by atoms with Crippen LogP contribution in [-0.4, -0.2) is 22.8 Å². The zero-order chi connectivity index (χ0) is 19.3. The summed E-state index contributed by atoms with van der Waals surface area (Å²) in [6, 6.07) is 0. The van der Waals surface area contributed by atoms with Gasteiger partial charge in [0.2, 0.25) is 0 Å². The number of aliphatic hydroxyl groups excluding tert-OH is 1. The van der Waals surface area contributed by atoms with Crippen LogP contribution in [0.25, 0.3) is 0 Å². The molecule has 3 nitrogen and oxygen atoms in total. The van der Waals surface area contributed by atoms with E-state index in [9.17, 15) is 4.79 Å². The van der Waals surface area contributed by atoms with Gasteiger partial charge in [-0.05, 0) is 40.0 Å². The van der Waals surface area contributed by atoms with Crippen LogP contribution in [0.1, 0.15) is 105 Å². The zero-order valence-corrected chi connectivity index (χ0v) is 17.1. The first-order chi connectivity index (χ1) is 11.9. The van der Waals surface area contributed by atoms with Crippen LogP contribution in [0.3, 0.4) is 0 Å². The lowest BCUT2D eigenvalue weighted by atomic mass is 10.1. The SMILES string of the molecule is CC(C)=CCCC(C)=CCO.CCCCCCCCCCCC(=O)O. The van der Waals surface area contributed by atoms with Crippen molar-refractivity contribution >= 4 is 5.97 Å². The van der Waals surface area contributed by atoms with Crippen molar-refractivity contribution in [1.29, 1.82) is 0 Å². The second kappa shape index (κ2) is 21.0. The number of hydrogen-bond acceptors (Lipinski definition) is 2. The second-order valence-corrected chi connectivity index (χ2v) is 7.03. The molecule has 0 bridgehead atoms. The molecule has 148 valence electrons. The minimum absolute atomic E-state index is 0.167. The number of aliphatic hydroxyl groups is 1. The van der Waals surface area contributed by atoms with E-state index in [0.717, 1.165) is 25.7 Å². The molecule has 0 aliphatic heterocycles. The molecule has 25 heavy (non-hydrogen) atoms. The van der Waals surface area contributed by atoms with Gasteiger partial charge in [-0.1, -0.05) is 81.6 Å². The number of hydrogen-bond donors (Lipinski definition) is 2. The molecule has 0 aliphatic carbocycles. The molecule has 0 saturated carbocycles. The van der Waals surface area contributed by atoms with Crippen LogP contribution in [0.5, 0.6) is 0 Å². The Morgan fingerprint density at radius 3 is 1.76 bits per heavy atom. The Balaban J connectivity index is 0. The molecule has 0 fully saturated rings. The molecule has 0 amide bonds. The maximum absolute atomic E-state index is 10.2. The summed E-state index contributed by atoms with van der Waals surface area (Å²) in [6.07, 6.45) is 17.7. The summed E-state index contributed by atoms with van der Waals surface area (Å²) in [5.41, 5.74) is 2.63. The Morgan fingerprint density at radius 2 is 1.32 bits per heavy atom.